The van der Waals surface area contributed by atoms with Crippen LogP contribution in [0.1, 0.15) is 51.9 Å². The van der Waals surface area contributed by atoms with Gasteiger partial charge >= 0.3 is 5.97 Å². The van der Waals surface area contributed by atoms with Crippen molar-refractivity contribution in [3.8, 4) is 0 Å². The van der Waals surface area contributed by atoms with Gasteiger partial charge in [-0.2, -0.15) is 0 Å². The van der Waals surface area contributed by atoms with E-state index in [4.69, 9.17) is 5.11 Å². The lowest BCUT2D eigenvalue weighted by Crippen LogP contribution is -2.02. The van der Waals surface area contributed by atoms with E-state index in [1.807, 2.05) is 36.5 Å². The van der Waals surface area contributed by atoms with E-state index in [1.165, 1.54) is 0 Å². The van der Waals surface area contributed by atoms with E-state index >= 15 is 0 Å². The highest BCUT2D eigenvalue weighted by Gasteiger charge is 2.04. The summed E-state index contributed by atoms with van der Waals surface area (Å²) >= 11 is 0. The second kappa shape index (κ2) is 14.5. The van der Waals surface area contributed by atoms with Crippen molar-refractivity contribution in [2.45, 2.75) is 51.9 Å². The summed E-state index contributed by atoms with van der Waals surface area (Å²) in [6.45, 7) is 2.10. The zero-order valence-corrected chi connectivity index (χ0v) is 12.8. The monoisotopic (exact) mass is 290 g/mol. The molecule has 0 radical (unpaired) electrons. The van der Waals surface area contributed by atoms with Crippen molar-refractivity contribution in [3.63, 3.8) is 0 Å². The maximum atomic E-state index is 11.3. The lowest BCUT2D eigenvalue weighted by Gasteiger charge is -1.97. The smallest absolute Gasteiger partial charge is 0.303 e. The molecule has 0 aromatic rings. The molecule has 0 heterocycles. The van der Waals surface area contributed by atoms with Gasteiger partial charge in [-0.3, -0.25) is 9.59 Å². The summed E-state index contributed by atoms with van der Waals surface area (Å²) in [6, 6.07) is 0. The summed E-state index contributed by atoms with van der Waals surface area (Å²) in [7, 11) is 0. The molecule has 0 unspecified atom stereocenters. The fraction of sp³-hybridized carbons (Fsp3) is 0.444. The normalized spacial score (nSPS) is 12.2. The van der Waals surface area contributed by atoms with Crippen molar-refractivity contribution >= 4 is 11.8 Å². The number of Topliss-reactive ketones (excluding diaryl/α,β-unsaturated/α-hetero) is 1. The highest BCUT2D eigenvalue weighted by atomic mass is 16.4. The van der Waals surface area contributed by atoms with E-state index in [0.29, 0.717) is 6.42 Å². The van der Waals surface area contributed by atoms with Crippen LogP contribution in [-0.4, -0.2) is 16.9 Å². The molecule has 0 saturated carbocycles. The summed E-state index contributed by atoms with van der Waals surface area (Å²) in [5, 5.41) is 8.46. The third kappa shape index (κ3) is 16.0. The van der Waals surface area contributed by atoms with E-state index < -0.39 is 5.97 Å². The number of carbonyl (C=O) groups excluding carboxylic acids is 1. The summed E-state index contributed by atoms with van der Waals surface area (Å²) in [4.78, 5) is 21.6. The SMILES string of the molecule is CC/C=C/C=C/C=C\C=C/CCCCC(=O)CCC(=O)O. The number of rotatable bonds is 12. The topological polar surface area (TPSA) is 54.4 Å². The van der Waals surface area contributed by atoms with Gasteiger partial charge in [0.05, 0.1) is 6.42 Å². The molecule has 0 aliphatic carbocycles. The lowest BCUT2D eigenvalue weighted by molar-refractivity contribution is -0.138. The van der Waals surface area contributed by atoms with E-state index in [0.717, 1.165) is 25.7 Å². The van der Waals surface area contributed by atoms with Crippen LogP contribution in [-0.2, 0) is 9.59 Å². The van der Waals surface area contributed by atoms with Crippen LogP contribution in [0, 0.1) is 0 Å². The molecule has 0 aliphatic rings. The molecule has 0 aliphatic heterocycles. The average molecular weight is 290 g/mol. The molecule has 0 atom stereocenters. The van der Waals surface area contributed by atoms with E-state index in [9.17, 15) is 9.59 Å². The molecule has 21 heavy (non-hydrogen) atoms. The number of carboxylic acid groups (broad SMARTS) is 1. The quantitative estimate of drug-likeness (QED) is 0.421. The third-order valence-electron chi connectivity index (χ3n) is 2.76. The molecule has 0 rings (SSSR count). The average Bonchev–Trinajstić information content (AvgIpc) is 2.46. The molecule has 0 saturated heterocycles. The first-order valence-corrected chi connectivity index (χ1v) is 7.55. The van der Waals surface area contributed by atoms with Crippen LogP contribution >= 0.6 is 0 Å². The molecule has 1 N–H and O–H groups in total. The Morgan fingerprint density at radius 1 is 0.810 bits per heavy atom. The summed E-state index contributed by atoms with van der Waals surface area (Å²) in [5.74, 6) is -0.858. The number of hydrogen-bond acceptors (Lipinski definition) is 2. The Bertz CT molecular complexity index is 401. The van der Waals surface area contributed by atoms with Gasteiger partial charge in [0.25, 0.3) is 0 Å². The number of carbonyl (C=O) groups is 2. The summed E-state index contributed by atoms with van der Waals surface area (Å²) in [5.41, 5.74) is 0. The Kier molecular flexibility index (Phi) is 13.2. The van der Waals surface area contributed by atoms with Crippen molar-refractivity contribution in [2.75, 3.05) is 0 Å². The van der Waals surface area contributed by atoms with E-state index in [2.05, 4.69) is 19.1 Å². The van der Waals surface area contributed by atoms with Gasteiger partial charge in [0, 0.05) is 12.8 Å². The van der Waals surface area contributed by atoms with Crippen LogP contribution in [0.2, 0.25) is 0 Å². The fourth-order valence-corrected chi connectivity index (χ4v) is 1.60. The van der Waals surface area contributed by atoms with Gasteiger partial charge < -0.3 is 5.11 Å². The fourth-order valence-electron chi connectivity index (χ4n) is 1.60. The first kappa shape index (κ1) is 19.1. The number of unbranched alkanes of at least 4 members (excludes halogenated alkanes) is 2. The van der Waals surface area contributed by atoms with Gasteiger partial charge in [-0.25, -0.2) is 0 Å². The molecule has 116 valence electrons. The Balaban J connectivity index is 3.53. The van der Waals surface area contributed by atoms with E-state index in [-0.39, 0.29) is 18.6 Å². The summed E-state index contributed by atoms with van der Waals surface area (Å²) in [6.07, 6.45) is 20.5. The predicted molar refractivity (Wildman–Crippen MR) is 87.2 cm³/mol. The van der Waals surface area contributed by atoms with Crippen molar-refractivity contribution in [3.05, 3.63) is 48.6 Å². The van der Waals surface area contributed by atoms with Crippen LogP contribution < -0.4 is 0 Å². The van der Waals surface area contributed by atoms with Crippen LogP contribution in [0.15, 0.2) is 48.6 Å². The van der Waals surface area contributed by atoms with Crippen molar-refractivity contribution in [1.29, 1.82) is 0 Å². The lowest BCUT2D eigenvalue weighted by atomic mass is 10.1. The van der Waals surface area contributed by atoms with Crippen LogP contribution in [0.25, 0.3) is 0 Å². The Morgan fingerprint density at radius 3 is 2.05 bits per heavy atom. The summed E-state index contributed by atoms with van der Waals surface area (Å²) < 4.78 is 0. The zero-order valence-electron chi connectivity index (χ0n) is 12.8. The third-order valence-corrected chi connectivity index (χ3v) is 2.76. The van der Waals surface area contributed by atoms with Gasteiger partial charge in [-0.05, 0) is 25.7 Å². The van der Waals surface area contributed by atoms with E-state index in [1.54, 1.807) is 0 Å². The zero-order chi connectivity index (χ0) is 15.8. The number of carboxylic acids is 1. The minimum atomic E-state index is -0.905. The van der Waals surface area contributed by atoms with Gasteiger partial charge in [0.2, 0.25) is 0 Å². The number of allylic oxidation sites excluding steroid dienone is 8. The largest absolute Gasteiger partial charge is 0.481 e. The van der Waals surface area contributed by atoms with Gasteiger partial charge in [0.1, 0.15) is 5.78 Å². The molecule has 0 amide bonds. The van der Waals surface area contributed by atoms with Crippen molar-refractivity contribution < 1.29 is 14.7 Å². The highest BCUT2D eigenvalue weighted by molar-refractivity contribution is 5.82. The number of hydrogen-bond donors (Lipinski definition) is 1. The number of aliphatic carboxylic acids is 1. The standard InChI is InChI=1S/C18H26O3/c1-2-3-4-5-6-7-8-9-10-11-12-13-14-17(19)15-16-18(20)21/h3-10H,2,11-16H2,1H3,(H,20,21)/b4-3+,6-5+,8-7-,10-9-. The van der Waals surface area contributed by atoms with Crippen LogP contribution in [0.4, 0.5) is 0 Å². The van der Waals surface area contributed by atoms with Gasteiger partial charge in [-0.15, -0.1) is 0 Å². The highest BCUT2D eigenvalue weighted by Crippen LogP contribution is 2.04. The Hall–Kier alpha value is -1.90. The molecule has 0 aromatic heterocycles. The maximum Gasteiger partial charge on any atom is 0.303 e. The second-order valence-electron chi connectivity index (χ2n) is 4.71. The minimum absolute atomic E-state index is 0.0477. The first-order valence-electron chi connectivity index (χ1n) is 7.55. The van der Waals surface area contributed by atoms with Gasteiger partial charge in [-0.1, -0.05) is 55.5 Å². The van der Waals surface area contributed by atoms with Crippen LogP contribution in [0.3, 0.4) is 0 Å². The molecule has 0 bridgehead atoms. The minimum Gasteiger partial charge on any atom is -0.481 e. The van der Waals surface area contributed by atoms with Crippen molar-refractivity contribution in [2.24, 2.45) is 0 Å². The Labute approximate surface area is 127 Å². The molecular formula is C18H26O3. The predicted octanol–water partition coefficient (Wildman–Crippen LogP) is 4.62. The number of ketones is 1. The molecule has 0 aromatic carbocycles. The molecule has 0 fully saturated rings. The molecular weight excluding hydrogens is 264 g/mol. The first-order chi connectivity index (χ1) is 10.2. The van der Waals surface area contributed by atoms with Gasteiger partial charge in [0.15, 0.2) is 0 Å². The molecule has 3 nitrogen and oxygen atoms in total. The molecule has 3 heteroatoms. The molecule has 0 spiro atoms. The van der Waals surface area contributed by atoms with Crippen LogP contribution in [0.5, 0.6) is 0 Å². The van der Waals surface area contributed by atoms with Crippen molar-refractivity contribution in [1.82, 2.24) is 0 Å². The maximum absolute atomic E-state index is 11.3. The second-order valence-corrected chi connectivity index (χ2v) is 4.71. The Morgan fingerprint density at radius 2 is 1.43 bits per heavy atom.